The third-order valence-electron chi connectivity index (χ3n) is 7.16. The summed E-state index contributed by atoms with van der Waals surface area (Å²) in [4.78, 5) is 40.1. The van der Waals surface area contributed by atoms with Crippen LogP contribution < -0.4 is 9.64 Å². The molecular formula is C25H21NO4. The van der Waals surface area contributed by atoms with Gasteiger partial charge in [-0.1, -0.05) is 48.6 Å². The van der Waals surface area contributed by atoms with E-state index in [-0.39, 0.29) is 47.9 Å². The number of esters is 1. The van der Waals surface area contributed by atoms with Crippen molar-refractivity contribution in [3.8, 4) is 5.75 Å². The van der Waals surface area contributed by atoms with E-state index in [1.165, 1.54) is 4.90 Å². The Hall–Kier alpha value is -3.21. The number of nitrogens with zero attached hydrogens (tertiary/aromatic N) is 1. The molecule has 0 unspecified atom stereocenters. The second kappa shape index (κ2) is 6.39. The number of benzene rings is 2. The van der Waals surface area contributed by atoms with Gasteiger partial charge >= 0.3 is 5.97 Å². The van der Waals surface area contributed by atoms with E-state index in [1.807, 2.05) is 30.3 Å². The number of rotatable bonds is 4. The minimum atomic E-state index is -0.381. The largest absolute Gasteiger partial charge is 0.426 e. The van der Waals surface area contributed by atoms with Gasteiger partial charge in [0.15, 0.2) is 0 Å². The van der Waals surface area contributed by atoms with Crippen LogP contribution in [-0.4, -0.2) is 17.8 Å². The molecule has 2 saturated carbocycles. The van der Waals surface area contributed by atoms with Gasteiger partial charge in [0, 0.05) is 6.07 Å². The van der Waals surface area contributed by atoms with E-state index < -0.39 is 0 Å². The average molecular weight is 399 g/mol. The van der Waals surface area contributed by atoms with Crippen LogP contribution in [0.15, 0.2) is 66.7 Å². The summed E-state index contributed by atoms with van der Waals surface area (Å²) in [5.41, 5.74) is 1.35. The van der Waals surface area contributed by atoms with Crippen LogP contribution in [0.5, 0.6) is 5.75 Å². The van der Waals surface area contributed by atoms with Crippen molar-refractivity contribution in [2.75, 3.05) is 4.90 Å². The van der Waals surface area contributed by atoms with Gasteiger partial charge < -0.3 is 4.74 Å². The monoisotopic (exact) mass is 399 g/mol. The minimum Gasteiger partial charge on any atom is -0.426 e. The first-order valence-electron chi connectivity index (χ1n) is 10.5. The maximum atomic E-state index is 13.2. The Bertz CT molecular complexity index is 1060. The Kier molecular flexibility index (Phi) is 3.76. The molecule has 1 aliphatic heterocycles. The van der Waals surface area contributed by atoms with E-state index in [4.69, 9.17) is 4.74 Å². The molecule has 0 spiro atoms. The van der Waals surface area contributed by atoms with Crippen LogP contribution >= 0.6 is 0 Å². The summed E-state index contributed by atoms with van der Waals surface area (Å²) in [5, 5.41) is 0. The molecule has 0 aromatic heterocycles. The van der Waals surface area contributed by atoms with Crippen molar-refractivity contribution in [2.24, 2.45) is 35.5 Å². The summed E-state index contributed by atoms with van der Waals surface area (Å²) in [7, 11) is 0. The maximum Gasteiger partial charge on any atom is 0.315 e. The minimum absolute atomic E-state index is 0.109. The molecule has 0 radical (unpaired) electrons. The number of carbonyl (C=O) groups excluding carboxylic acids is 3. The molecule has 2 aromatic rings. The van der Waals surface area contributed by atoms with Crippen molar-refractivity contribution < 1.29 is 19.1 Å². The molecule has 1 heterocycles. The number of carbonyl (C=O) groups is 3. The van der Waals surface area contributed by atoms with Crippen molar-refractivity contribution in [1.82, 2.24) is 0 Å². The van der Waals surface area contributed by atoms with Gasteiger partial charge in [-0.15, -0.1) is 0 Å². The summed E-state index contributed by atoms with van der Waals surface area (Å²) in [6.45, 7) is 0. The number of anilines is 1. The molecule has 2 amide bonds. The van der Waals surface area contributed by atoms with Gasteiger partial charge in [-0.3, -0.25) is 14.4 Å². The van der Waals surface area contributed by atoms with Crippen molar-refractivity contribution in [3.63, 3.8) is 0 Å². The Morgan fingerprint density at radius 1 is 0.900 bits per heavy atom. The Morgan fingerprint density at radius 3 is 2.23 bits per heavy atom. The van der Waals surface area contributed by atoms with Crippen LogP contribution in [0.3, 0.4) is 0 Å². The van der Waals surface area contributed by atoms with Gasteiger partial charge in [0.05, 0.1) is 23.9 Å². The van der Waals surface area contributed by atoms with Crippen LogP contribution in [0.2, 0.25) is 0 Å². The topological polar surface area (TPSA) is 63.7 Å². The number of hydrogen-bond donors (Lipinski definition) is 0. The average Bonchev–Trinajstić information content (AvgIpc) is 3.52. The Morgan fingerprint density at radius 2 is 1.57 bits per heavy atom. The normalized spacial score (nSPS) is 32.7. The first-order valence-corrected chi connectivity index (χ1v) is 10.5. The summed E-state index contributed by atoms with van der Waals surface area (Å²) >= 11 is 0. The zero-order valence-electron chi connectivity index (χ0n) is 16.3. The molecule has 5 nitrogen and oxygen atoms in total. The van der Waals surface area contributed by atoms with E-state index in [0.717, 1.165) is 12.0 Å². The lowest BCUT2D eigenvalue weighted by Gasteiger charge is -2.37. The van der Waals surface area contributed by atoms with Crippen LogP contribution in [0.1, 0.15) is 12.0 Å². The van der Waals surface area contributed by atoms with Gasteiger partial charge in [-0.05, 0) is 47.8 Å². The fourth-order valence-electron chi connectivity index (χ4n) is 5.83. The lowest BCUT2D eigenvalue weighted by atomic mass is 9.63. The van der Waals surface area contributed by atoms with Crippen LogP contribution in [-0.2, 0) is 20.8 Å². The van der Waals surface area contributed by atoms with Crippen molar-refractivity contribution in [2.45, 2.75) is 12.8 Å². The number of ether oxygens (including phenoxy) is 1. The fourth-order valence-corrected chi connectivity index (χ4v) is 5.83. The molecule has 2 bridgehead atoms. The smallest absolute Gasteiger partial charge is 0.315 e. The molecule has 150 valence electrons. The lowest BCUT2D eigenvalue weighted by molar-refractivity contribution is -0.133. The van der Waals surface area contributed by atoms with Crippen molar-refractivity contribution in [3.05, 3.63) is 72.3 Å². The molecule has 0 N–H and O–H groups in total. The van der Waals surface area contributed by atoms with E-state index in [2.05, 4.69) is 12.2 Å². The molecule has 3 fully saturated rings. The number of amides is 2. The number of imide groups is 1. The van der Waals surface area contributed by atoms with Gasteiger partial charge in [0.25, 0.3) is 0 Å². The molecule has 1 saturated heterocycles. The Balaban J connectivity index is 1.23. The summed E-state index contributed by atoms with van der Waals surface area (Å²) in [6, 6.07) is 16.1. The van der Waals surface area contributed by atoms with Gasteiger partial charge in [-0.25, -0.2) is 4.90 Å². The van der Waals surface area contributed by atoms with E-state index in [1.54, 1.807) is 24.3 Å². The zero-order chi connectivity index (χ0) is 20.4. The summed E-state index contributed by atoms with van der Waals surface area (Å²) in [5.74, 6) is 0.801. The summed E-state index contributed by atoms with van der Waals surface area (Å²) < 4.78 is 5.49. The third-order valence-corrected chi connectivity index (χ3v) is 7.16. The molecule has 7 rings (SSSR count). The highest BCUT2D eigenvalue weighted by atomic mass is 16.5. The molecule has 6 atom stereocenters. The predicted molar refractivity (Wildman–Crippen MR) is 109 cm³/mol. The standard InChI is InChI=1S/C25H21NO4/c27-21(11-14-5-2-1-3-6-14)30-16-8-4-7-15(12-16)26-24(28)22-17-9-10-18(20-13-19(17)20)23(22)25(26)29/h1-10,12,17-20,22-23H,11,13H2/t17-,18+,19-,20-,22+,23+/m1/s1. The Labute approximate surface area is 174 Å². The molecular weight excluding hydrogens is 378 g/mol. The highest BCUT2D eigenvalue weighted by Crippen LogP contribution is 2.65. The van der Waals surface area contributed by atoms with Crippen molar-refractivity contribution in [1.29, 1.82) is 0 Å². The molecule has 5 aliphatic rings. The lowest BCUT2D eigenvalue weighted by Crippen LogP contribution is -2.40. The fraction of sp³-hybridized carbons (Fsp3) is 0.320. The summed E-state index contributed by atoms with van der Waals surface area (Å²) in [6.07, 6.45) is 5.63. The highest BCUT2D eigenvalue weighted by molar-refractivity contribution is 6.22. The maximum absolute atomic E-state index is 13.2. The van der Waals surface area contributed by atoms with Gasteiger partial charge in [0.1, 0.15) is 5.75 Å². The molecule has 30 heavy (non-hydrogen) atoms. The number of allylic oxidation sites excluding steroid dienone is 2. The predicted octanol–water partition coefficient (Wildman–Crippen LogP) is 3.39. The van der Waals surface area contributed by atoms with Gasteiger partial charge in [-0.2, -0.15) is 0 Å². The molecule has 5 heteroatoms. The van der Waals surface area contributed by atoms with Gasteiger partial charge in [0.2, 0.25) is 11.8 Å². The third kappa shape index (κ3) is 2.58. The second-order valence-corrected chi connectivity index (χ2v) is 8.80. The zero-order valence-corrected chi connectivity index (χ0v) is 16.3. The van der Waals surface area contributed by atoms with E-state index >= 15 is 0 Å². The highest BCUT2D eigenvalue weighted by Gasteiger charge is 2.67. The van der Waals surface area contributed by atoms with Crippen LogP contribution in [0.4, 0.5) is 5.69 Å². The first kappa shape index (κ1) is 17.6. The molecule has 4 aliphatic carbocycles. The number of hydrogen-bond acceptors (Lipinski definition) is 4. The van der Waals surface area contributed by atoms with Crippen LogP contribution in [0.25, 0.3) is 0 Å². The van der Waals surface area contributed by atoms with Crippen molar-refractivity contribution >= 4 is 23.5 Å². The van der Waals surface area contributed by atoms with E-state index in [0.29, 0.717) is 23.3 Å². The quantitative estimate of drug-likeness (QED) is 0.342. The van der Waals surface area contributed by atoms with E-state index in [9.17, 15) is 14.4 Å². The van der Waals surface area contributed by atoms with Crippen LogP contribution in [0, 0.1) is 35.5 Å². The SMILES string of the molecule is O=C(Cc1ccccc1)Oc1cccc(N2C(=O)[C@H]3[C@@H]4C=C[C@@H]([C@H]5C[C@H]45)[C@@H]3C2=O)c1. The second-order valence-electron chi connectivity index (χ2n) is 8.80. The first-order chi connectivity index (χ1) is 14.6. The molecule has 2 aromatic carbocycles.